The number of sulfone groups is 1. The lowest BCUT2D eigenvalue weighted by Gasteiger charge is -2.34. The molecule has 0 aliphatic carbocycles. The lowest BCUT2D eigenvalue weighted by atomic mass is 9.74. The van der Waals surface area contributed by atoms with Gasteiger partial charge in [0.05, 0.1) is 10.3 Å². The van der Waals surface area contributed by atoms with Gasteiger partial charge in [-0.1, -0.05) is 12.1 Å². The average Bonchev–Trinajstić information content (AvgIpc) is 3.19. The smallest absolute Gasteiger partial charge is 0.247 e. The van der Waals surface area contributed by atoms with Crippen LogP contribution >= 0.6 is 0 Å². The van der Waals surface area contributed by atoms with Crippen LogP contribution in [0.5, 0.6) is 0 Å². The number of ether oxygens (including phenoxy) is 1. The van der Waals surface area contributed by atoms with Crippen LogP contribution in [0.25, 0.3) is 11.5 Å². The molecule has 0 bridgehead atoms. The summed E-state index contributed by atoms with van der Waals surface area (Å²) in [6.45, 7) is 1.08. The number of aromatic nitrogens is 2. The maximum absolute atomic E-state index is 13.4. The molecule has 0 unspecified atom stereocenters. The molecule has 146 valence electrons. The zero-order chi connectivity index (χ0) is 19.8. The highest BCUT2D eigenvalue weighted by Gasteiger charge is 2.41. The first-order valence-corrected chi connectivity index (χ1v) is 10.8. The Hall–Kier alpha value is -2.58. The van der Waals surface area contributed by atoms with E-state index in [1.54, 1.807) is 24.3 Å². The molecule has 1 fully saturated rings. The quantitative estimate of drug-likeness (QED) is 0.665. The zero-order valence-corrected chi connectivity index (χ0v) is 16.1. The Morgan fingerprint density at radius 1 is 0.964 bits per heavy atom. The van der Waals surface area contributed by atoms with Crippen LogP contribution in [0, 0.1) is 5.82 Å². The van der Waals surface area contributed by atoms with Crippen molar-refractivity contribution in [2.45, 2.75) is 23.2 Å². The summed E-state index contributed by atoms with van der Waals surface area (Å²) < 4.78 is 48.2. The van der Waals surface area contributed by atoms with Crippen molar-refractivity contribution in [1.82, 2.24) is 10.2 Å². The molecule has 1 aromatic heterocycles. The molecular formula is C20H19FN2O4S. The third-order valence-electron chi connectivity index (χ3n) is 5.11. The summed E-state index contributed by atoms with van der Waals surface area (Å²) in [6, 6.07) is 12.6. The van der Waals surface area contributed by atoms with E-state index in [0.717, 1.165) is 11.8 Å². The van der Waals surface area contributed by atoms with Crippen molar-refractivity contribution in [3.05, 3.63) is 65.8 Å². The van der Waals surface area contributed by atoms with Crippen LogP contribution in [-0.2, 0) is 20.0 Å². The largest absolute Gasteiger partial charge is 0.420 e. The van der Waals surface area contributed by atoms with E-state index in [2.05, 4.69) is 10.2 Å². The molecule has 0 spiro atoms. The molecular weight excluding hydrogens is 383 g/mol. The van der Waals surface area contributed by atoms with Crippen molar-refractivity contribution >= 4 is 9.84 Å². The van der Waals surface area contributed by atoms with Gasteiger partial charge in [0.1, 0.15) is 5.82 Å². The monoisotopic (exact) mass is 402 g/mol. The second-order valence-corrected chi connectivity index (χ2v) is 8.93. The predicted octanol–water partition coefficient (Wildman–Crippen LogP) is 3.38. The molecule has 8 heteroatoms. The predicted molar refractivity (Wildman–Crippen MR) is 100 cm³/mol. The fourth-order valence-corrected chi connectivity index (χ4v) is 4.12. The summed E-state index contributed by atoms with van der Waals surface area (Å²) in [7, 11) is -3.27. The molecule has 0 amide bonds. The lowest BCUT2D eigenvalue weighted by molar-refractivity contribution is 0.0546. The molecule has 28 heavy (non-hydrogen) atoms. The van der Waals surface area contributed by atoms with Crippen LogP contribution in [0.2, 0.25) is 0 Å². The average molecular weight is 402 g/mol. The Bertz CT molecular complexity index is 1070. The van der Waals surface area contributed by atoms with Gasteiger partial charge in [0.25, 0.3) is 0 Å². The molecule has 0 atom stereocenters. The molecule has 1 saturated heterocycles. The van der Waals surface area contributed by atoms with Gasteiger partial charge in [-0.2, -0.15) is 0 Å². The number of nitrogens with zero attached hydrogens (tertiary/aromatic N) is 2. The highest BCUT2D eigenvalue weighted by atomic mass is 32.2. The molecule has 2 heterocycles. The fraction of sp³-hybridized carbons (Fsp3) is 0.300. The van der Waals surface area contributed by atoms with Gasteiger partial charge in [-0.3, -0.25) is 0 Å². The van der Waals surface area contributed by atoms with E-state index in [1.807, 2.05) is 0 Å². The van der Waals surface area contributed by atoms with Crippen molar-refractivity contribution in [2.75, 3.05) is 19.5 Å². The third kappa shape index (κ3) is 3.45. The number of halogens is 1. The van der Waals surface area contributed by atoms with Crippen molar-refractivity contribution in [2.24, 2.45) is 0 Å². The maximum Gasteiger partial charge on any atom is 0.247 e. The molecule has 0 saturated carbocycles. The van der Waals surface area contributed by atoms with E-state index in [-0.39, 0.29) is 10.7 Å². The van der Waals surface area contributed by atoms with E-state index >= 15 is 0 Å². The molecule has 0 radical (unpaired) electrons. The third-order valence-corrected chi connectivity index (χ3v) is 6.24. The SMILES string of the molecule is CS(=O)(=O)c1ccc(-c2nnc(C3(c4ccc(F)cc4)CCOCC3)o2)cc1. The first-order valence-electron chi connectivity index (χ1n) is 8.87. The Morgan fingerprint density at radius 2 is 1.61 bits per heavy atom. The summed E-state index contributed by atoms with van der Waals surface area (Å²) in [6.07, 6.45) is 2.45. The molecule has 1 aliphatic rings. The molecule has 4 rings (SSSR count). The first kappa shape index (κ1) is 18.8. The van der Waals surface area contributed by atoms with E-state index in [0.29, 0.717) is 43.4 Å². The Labute approximate surface area is 162 Å². The zero-order valence-electron chi connectivity index (χ0n) is 15.3. The van der Waals surface area contributed by atoms with Gasteiger partial charge >= 0.3 is 0 Å². The fourth-order valence-electron chi connectivity index (χ4n) is 3.49. The highest BCUT2D eigenvalue weighted by molar-refractivity contribution is 7.90. The van der Waals surface area contributed by atoms with Gasteiger partial charge in [-0.15, -0.1) is 10.2 Å². The highest BCUT2D eigenvalue weighted by Crippen LogP contribution is 2.41. The molecule has 2 aromatic carbocycles. The normalized spacial score (nSPS) is 16.8. The van der Waals surface area contributed by atoms with Gasteiger partial charge < -0.3 is 9.15 Å². The molecule has 3 aromatic rings. The maximum atomic E-state index is 13.4. The minimum Gasteiger partial charge on any atom is -0.420 e. The Morgan fingerprint density at radius 3 is 2.21 bits per heavy atom. The Kier molecular flexibility index (Phi) is 4.76. The van der Waals surface area contributed by atoms with Crippen LogP contribution in [0.1, 0.15) is 24.3 Å². The van der Waals surface area contributed by atoms with Crippen LogP contribution in [0.15, 0.2) is 57.8 Å². The van der Waals surface area contributed by atoms with Gasteiger partial charge in [-0.05, 0) is 54.8 Å². The van der Waals surface area contributed by atoms with E-state index in [1.165, 1.54) is 24.3 Å². The number of benzene rings is 2. The van der Waals surface area contributed by atoms with Gasteiger partial charge in [-0.25, -0.2) is 12.8 Å². The van der Waals surface area contributed by atoms with Crippen molar-refractivity contribution in [3.8, 4) is 11.5 Å². The van der Waals surface area contributed by atoms with Crippen LogP contribution < -0.4 is 0 Å². The molecule has 6 nitrogen and oxygen atoms in total. The Balaban J connectivity index is 1.72. The van der Waals surface area contributed by atoms with Crippen molar-refractivity contribution in [1.29, 1.82) is 0 Å². The minimum atomic E-state index is -3.27. The summed E-state index contributed by atoms with van der Waals surface area (Å²) in [5.41, 5.74) is 0.997. The van der Waals surface area contributed by atoms with E-state index in [4.69, 9.17) is 9.15 Å². The van der Waals surface area contributed by atoms with Crippen molar-refractivity contribution in [3.63, 3.8) is 0 Å². The van der Waals surface area contributed by atoms with Gasteiger partial charge in [0.15, 0.2) is 9.84 Å². The summed E-state index contributed by atoms with van der Waals surface area (Å²) >= 11 is 0. The summed E-state index contributed by atoms with van der Waals surface area (Å²) in [5, 5.41) is 8.43. The van der Waals surface area contributed by atoms with Gasteiger partial charge in [0.2, 0.25) is 11.8 Å². The second kappa shape index (κ2) is 7.10. The van der Waals surface area contributed by atoms with E-state index < -0.39 is 15.3 Å². The van der Waals surface area contributed by atoms with Crippen LogP contribution in [0.3, 0.4) is 0 Å². The number of hydrogen-bond donors (Lipinski definition) is 0. The molecule has 0 N–H and O–H groups in total. The number of rotatable bonds is 4. The lowest BCUT2D eigenvalue weighted by Crippen LogP contribution is -2.35. The standard InChI is InChI=1S/C20H19FN2O4S/c1-28(24,25)17-8-2-14(3-9-17)18-22-23-19(27-18)20(10-12-26-13-11-20)15-4-6-16(21)7-5-15/h2-9H,10-13H2,1H3. The number of hydrogen-bond acceptors (Lipinski definition) is 6. The van der Waals surface area contributed by atoms with Crippen LogP contribution in [0.4, 0.5) is 4.39 Å². The van der Waals surface area contributed by atoms with Crippen molar-refractivity contribution < 1.29 is 22.0 Å². The van der Waals surface area contributed by atoms with E-state index in [9.17, 15) is 12.8 Å². The summed E-state index contributed by atoms with van der Waals surface area (Å²) in [5.74, 6) is 0.454. The second-order valence-electron chi connectivity index (χ2n) is 6.91. The molecule has 1 aliphatic heterocycles. The topological polar surface area (TPSA) is 82.3 Å². The summed E-state index contributed by atoms with van der Waals surface area (Å²) in [4.78, 5) is 0.225. The first-order chi connectivity index (χ1) is 13.4. The minimum absolute atomic E-state index is 0.225. The van der Waals surface area contributed by atoms with Gasteiger partial charge in [0, 0.05) is 25.0 Å². The van der Waals surface area contributed by atoms with Crippen LogP contribution in [-0.4, -0.2) is 38.1 Å².